The highest BCUT2D eigenvalue weighted by Crippen LogP contribution is 2.35. The van der Waals surface area contributed by atoms with E-state index in [1.165, 1.54) is 0 Å². The van der Waals surface area contributed by atoms with E-state index in [0.29, 0.717) is 46.0 Å². The number of anilines is 1. The van der Waals surface area contributed by atoms with Crippen molar-refractivity contribution < 1.29 is 19.1 Å². The summed E-state index contributed by atoms with van der Waals surface area (Å²) < 4.78 is 11.6. The summed E-state index contributed by atoms with van der Waals surface area (Å²) in [6, 6.07) is 10.1. The van der Waals surface area contributed by atoms with Gasteiger partial charge in [0, 0.05) is 11.5 Å². The second kappa shape index (κ2) is 6.92. The average Bonchev–Trinajstić information content (AvgIpc) is 2.60. The highest BCUT2D eigenvalue weighted by molar-refractivity contribution is 9.10. The third-order valence-corrected chi connectivity index (χ3v) is 4.18. The molecule has 0 unspecified atom stereocenters. The molecule has 0 aromatic heterocycles. The highest BCUT2D eigenvalue weighted by atomic mass is 79.9. The van der Waals surface area contributed by atoms with E-state index in [4.69, 9.17) is 9.47 Å². The van der Waals surface area contributed by atoms with Crippen molar-refractivity contribution in [1.29, 1.82) is 0 Å². The van der Waals surface area contributed by atoms with Gasteiger partial charge >= 0.3 is 0 Å². The number of hydrogen-bond donors (Lipinski definition) is 2. The van der Waals surface area contributed by atoms with Crippen LogP contribution in [0.15, 0.2) is 40.9 Å². The van der Waals surface area contributed by atoms with Crippen LogP contribution in [-0.2, 0) is 0 Å². The van der Waals surface area contributed by atoms with Crippen molar-refractivity contribution in [2.45, 2.75) is 0 Å². The molecule has 0 saturated carbocycles. The molecular formula is C17H15BrN2O4. The number of benzene rings is 2. The number of fused-ring (bicyclic) bond motifs is 1. The Kier molecular flexibility index (Phi) is 4.71. The third-order valence-electron chi connectivity index (χ3n) is 3.52. The fraction of sp³-hybridized carbons (Fsp3) is 0.176. The molecule has 6 nitrogen and oxygen atoms in total. The molecule has 2 N–H and O–H groups in total. The van der Waals surface area contributed by atoms with Crippen molar-refractivity contribution in [3.05, 3.63) is 52.0 Å². The van der Waals surface area contributed by atoms with E-state index < -0.39 is 0 Å². The van der Waals surface area contributed by atoms with E-state index >= 15 is 0 Å². The van der Waals surface area contributed by atoms with Crippen molar-refractivity contribution >= 4 is 33.4 Å². The maximum atomic E-state index is 12.6. The number of hydrogen-bond acceptors (Lipinski definition) is 4. The van der Waals surface area contributed by atoms with Crippen LogP contribution in [0.3, 0.4) is 0 Å². The third kappa shape index (κ3) is 3.21. The maximum absolute atomic E-state index is 12.6. The summed E-state index contributed by atoms with van der Waals surface area (Å²) in [6.45, 7) is 0.916. The van der Waals surface area contributed by atoms with E-state index in [-0.39, 0.29) is 11.8 Å². The molecule has 1 heterocycles. The number of ether oxygens (including phenoxy) is 2. The second-order valence-corrected chi connectivity index (χ2v) is 5.91. The predicted octanol–water partition coefficient (Wildman–Crippen LogP) is 2.83. The molecule has 0 radical (unpaired) electrons. The Labute approximate surface area is 147 Å². The summed E-state index contributed by atoms with van der Waals surface area (Å²) in [5.41, 5.74) is 1.22. The first-order chi connectivity index (χ1) is 11.6. The predicted molar refractivity (Wildman–Crippen MR) is 92.9 cm³/mol. The van der Waals surface area contributed by atoms with Gasteiger partial charge in [0.05, 0.1) is 16.8 Å². The number of para-hydroxylation sites is 1. The second-order valence-electron chi connectivity index (χ2n) is 5.05. The first kappa shape index (κ1) is 16.3. The van der Waals surface area contributed by atoms with Crippen LogP contribution in [0.1, 0.15) is 20.7 Å². The summed E-state index contributed by atoms with van der Waals surface area (Å²) >= 11 is 3.37. The minimum absolute atomic E-state index is 0.271. The molecule has 2 amide bonds. The lowest BCUT2D eigenvalue weighted by molar-refractivity contribution is 0.0964. The zero-order valence-corrected chi connectivity index (χ0v) is 14.5. The molecule has 0 bridgehead atoms. The maximum Gasteiger partial charge on any atom is 0.256 e. The summed E-state index contributed by atoms with van der Waals surface area (Å²) in [6.07, 6.45) is 0. The lowest BCUT2D eigenvalue weighted by atomic mass is 10.1. The van der Waals surface area contributed by atoms with Gasteiger partial charge in [-0.2, -0.15) is 0 Å². The Balaban J connectivity index is 1.90. The van der Waals surface area contributed by atoms with Crippen LogP contribution in [0.5, 0.6) is 11.5 Å². The van der Waals surface area contributed by atoms with Crippen LogP contribution < -0.4 is 20.1 Å². The van der Waals surface area contributed by atoms with Crippen LogP contribution in [0.4, 0.5) is 5.69 Å². The smallest absolute Gasteiger partial charge is 0.256 e. The molecule has 0 saturated heterocycles. The number of nitrogens with one attached hydrogen (secondary N) is 2. The largest absolute Gasteiger partial charge is 0.486 e. The van der Waals surface area contributed by atoms with Crippen LogP contribution in [0, 0.1) is 0 Å². The van der Waals surface area contributed by atoms with Crippen LogP contribution in [0.2, 0.25) is 0 Å². The molecule has 0 spiro atoms. The fourth-order valence-electron chi connectivity index (χ4n) is 2.35. The number of carbonyl (C=O) groups excluding carboxylic acids is 2. The van der Waals surface area contributed by atoms with Gasteiger partial charge in [-0.25, -0.2) is 0 Å². The topological polar surface area (TPSA) is 76.7 Å². The quantitative estimate of drug-likeness (QED) is 0.844. The van der Waals surface area contributed by atoms with Gasteiger partial charge in [0.15, 0.2) is 11.5 Å². The summed E-state index contributed by atoms with van der Waals surface area (Å²) in [5, 5.41) is 5.31. The summed E-state index contributed by atoms with van der Waals surface area (Å²) in [5.74, 6) is 0.493. The monoisotopic (exact) mass is 390 g/mol. The molecule has 124 valence electrons. The van der Waals surface area contributed by atoms with Gasteiger partial charge in [-0.05, 0) is 40.2 Å². The number of amides is 2. The minimum atomic E-state index is -0.352. The van der Waals surface area contributed by atoms with Gasteiger partial charge in [0.2, 0.25) is 0 Å². The number of rotatable bonds is 3. The van der Waals surface area contributed by atoms with Gasteiger partial charge in [-0.3, -0.25) is 9.59 Å². The molecule has 0 fully saturated rings. The Morgan fingerprint density at radius 1 is 1.00 bits per heavy atom. The van der Waals surface area contributed by atoms with Gasteiger partial charge in [-0.15, -0.1) is 0 Å². The molecule has 24 heavy (non-hydrogen) atoms. The lowest BCUT2D eigenvalue weighted by Gasteiger charge is -2.20. The normalized spacial score (nSPS) is 12.4. The first-order valence-corrected chi connectivity index (χ1v) is 8.11. The SMILES string of the molecule is CNC(=O)c1ccccc1NC(=O)c1cc2c(cc1Br)OCCO2. The molecule has 1 aliphatic heterocycles. The lowest BCUT2D eigenvalue weighted by Crippen LogP contribution is -2.22. The van der Waals surface area contributed by atoms with Gasteiger partial charge in [0.25, 0.3) is 11.8 Å². The van der Waals surface area contributed by atoms with Crippen LogP contribution >= 0.6 is 15.9 Å². The van der Waals surface area contributed by atoms with E-state index in [0.717, 1.165) is 0 Å². The van der Waals surface area contributed by atoms with Crippen molar-refractivity contribution in [2.75, 3.05) is 25.6 Å². The zero-order valence-electron chi connectivity index (χ0n) is 12.9. The van der Waals surface area contributed by atoms with E-state index in [2.05, 4.69) is 26.6 Å². The van der Waals surface area contributed by atoms with E-state index in [1.807, 2.05) is 0 Å². The summed E-state index contributed by atoms with van der Waals surface area (Å²) in [7, 11) is 1.54. The van der Waals surface area contributed by atoms with E-state index in [1.54, 1.807) is 43.4 Å². The van der Waals surface area contributed by atoms with Gasteiger partial charge in [-0.1, -0.05) is 12.1 Å². The first-order valence-electron chi connectivity index (χ1n) is 7.31. The van der Waals surface area contributed by atoms with Crippen LogP contribution in [-0.4, -0.2) is 32.1 Å². The van der Waals surface area contributed by atoms with Crippen molar-refractivity contribution in [2.24, 2.45) is 0 Å². The molecular weight excluding hydrogens is 376 g/mol. The molecule has 2 aromatic rings. The number of halogens is 1. The minimum Gasteiger partial charge on any atom is -0.486 e. The van der Waals surface area contributed by atoms with Gasteiger partial charge in [0.1, 0.15) is 13.2 Å². The van der Waals surface area contributed by atoms with Gasteiger partial charge < -0.3 is 20.1 Å². The average molecular weight is 391 g/mol. The Morgan fingerprint density at radius 2 is 1.67 bits per heavy atom. The Hall–Kier alpha value is -2.54. The zero-order chi connectivity index (χ0) is 17.1. The molecule has 1 aliphatic rings. The molecule has 0 atom stereocenters. The standard InChI is InChI=1S/C17H15BrN2O4/c1-19-16(21)10-4-2-3-5-13(10)20-17(22)11-8-14-15(9-12(11)18)24-7-6-23-14/h2-5,8-9H,6-7H2,1H3,(H,19,21)(H,20,22). The highest BCUT2D eigenvalue weighted by Gasteiger charge is 2.20. The number of carbonyl (C=O) groups is 2. The molecule has 2 aromatic carbocycles. The van der Waals surface area contributed by atoms with Crippen LogP contribution in [0.25, 0.3) is 0 Å². The van der Waals surface area contributed by atoms with Crippen molar-refractivity contribution in [1.82, 2.24) is 5.32 Å². The van der Waals surface area contributed by atoms with E-state index in [9.17, 15) is 9.59 Å². The molecule has 0 aliphatic carbocycles. The van der Waals surface area contributed by atoms with Crippen molar-refractivity contribution in [3.63, 3.8) is 0 Å². The van der Waals surface area contributed by atoms with Crippen molar-refractivity contribution in [3.8, 4) is 11.5 Å². The molecule has 7 heteroatoms. The summed E-state index contributed by atoms with van der Waals surface area (Å²) in [4.78, 5) is 24.5. The Bertz CT molecular complexity index is 807. The fourth-order valence-corrected chi connectivity index (χ4v) is 2.85. The molecule has 3 rings (SSSR count). The Morgan fingerprint density at radius 3 is 2.38 bits per heavy atom.